The van der Waals surface area contributed by atoms with Crippen LogP contribution in [0.3, 0.4) is 0 Å². The second-order valence-corrected chi connectivity index (χ2v) is 4.55. The lowest BCUT2D eigenvalue weighted by Crippen LogP contribution is -2.44. The SMILES string of the molecule is CCC1CC(C(=O)Oc2nnc(-c3ccccc3)o2)O1. The van der Waals surface area contributed by atoms with Crippen molar-refractivity contribution in [3.63, 3.8) is 0 Å². The Kier molecular flexibility index (Phi) is 3.47. The predicted octanol–water partition coefficient (Wildman–Crippen LogP) is 2.21. The zero-order valence-electron chi connectivity index (χ0n) is 11.0. The number of esters is 1. The van der Waals surface area contributed by atoms with Gasteiger partial charge in [0.05, 0.1) is 6.10 Å². The van der Waals surface area contributed by atoms with E-state index in [1.165, 1.54) is 0 Å². The minimum absolute atomic E-state index is 0.148. The Bertz CT molecular complexity index is 590. The molecule has 20 heavy (non-hydrogen) atoms. The van der Waals surface area contributed by atoms with E-state index in [-0.39, 0.29) is 12.2 Å². The summed E-state index contributed by atoms with van der Waals surface area (Å²) in [4.78, 5) is 11.7. The molecule has 3 rings (SSSR count). The van der Waals surface area contributed by atoms with Crippen LogP contribution in [0.2, 0.25) is 0 Å². The summed E-state index contributed by atoms with van der Waals surface area (Å²) in [7, 11) is 0. The maximum Gasteiger partial charge on any atom is 0.422 e. The van der Waals surface area contributed by atoms with Crippen LogP contribution < -0.4 is 4.74 Å². The fourth-order valence-electron chi connectivity index (χ4n) is 1.97. The van der Waals surface area contributed by atoms with Crippen LogP contribution in [-0.2, 0) is 9.53 Å². The van der Waals surface area contributed by atoms with Crippen molar-refractivity contribution in [2.24, 2.45) is 0 Å². The fourth-order valence-corrected chi connectivity index (χ4v) is 1.97. The van der Waals surface area contributed by atoms with Crippen LogP contribution >= 0.6 is 0 Å². The first kappa shape index (κ1) is 12.8. The molecule has 0 N–H and O–H groups in total. The van der Waals surface area contributed by atoms with E-state index < -0.39 is 12.1 Å². The van der Waals surface area contributed by atoms with Crippen molar-refractivity contribution in [3.05, 3.63) is 30.3 Å². The first-order chi connectivity index (χ1) is 9.76. The van der Waals surface area contributed by atoms with E-state index in [1.807, 2.05) is 37.3 Å². The van der Waals surface area contributed by atoms with Gasteiger partial charge in [-0.15, -0.1) is 5.10 Å². The second kappa shape index (κ2) is 5.42. The van der Waals surface area contributed by atoms with Crippen molar-refractivity contribution >= 4 is 5.97 Å². The lowest BCUT2D eigenvalue weighted by Gasteiger charge is -2.32. The van der Waals surface area contributed by atoms with Crippen LogP contribution in [-0.4, -0.2) is 28.4 Å². The molecule has 0 aliphatic carbocycles. The second-order valence-electron chi connectivity index (χ2n) is 4.55. The molecule has 1 aromatic carbocycles. The van der Waals surface area contributed by atoms with E-state index in [2.05, 4.69) is 10.2 Å². The summed E-state index contributed by atoms with van der Waals surface area (Å²) >= 11 is 0. The van der Waals surface area contributed by atoms with Crippen molar-refractivity contribution in [2.45, 2.75) is 32.0 Å². The third kappa shape index (κ3) is 2.55. The van der Waals surface area contributed by atoms with Gasteiger partial charge < -0.3 is 13.9 Å². The van der Waals surface area contributed by atoms with E-state index in [9.17, 15) is 4.79 Å². The maximum atomic E-state index is 11.7. The minimum atomic E-state index is -0.521. The molecule has 1 aliphatic rings. The lowest BCUT2D eigenvalue weighted by atomic mass is 10.0. The van der Waals surface area contributed by atoms with Crippen molar-refractivity contribution < 1.29 is 18.7 Å². The molecule has 6 nitrogen and oxygen atoms in total. The summed E-state index contributed by atoms with van der Waals surface area (Å²) < 4.78 is 15.6. The molecule has 6 heteroatoms. The molecule has 1 aromatic heterocycles. The van der Waals surface area contributed by atoms with E-state index in [1.54, 1.807) is 0 Å². The number of ether oxygens (including phenoxy) is 2. The molecule has 1 saturated heterocycles. The smallest absolute Gasteiger partial charge is 0.388 e. The molecule has 2 heterocycles. The average molecular weight is 274 g/mol. The Balaban J connectivity index is 1.62. The van der Waals surface area contributed by atoms with Crippen LogP contribution in [0.5, 0.6) is 6.08 Å². The van der Waals surface area contributed by atoms with Crippen LogP contribution in [0, 0.1) is 0 Å². The Morgan fingerprint density at radius 2 is 2.10 bits per heavy atom. The quantitative estimate of drug-likeness (QED) is 0.796. The van der Waals surface area contributed by atoms with E-state index in [0.717, 1.165) is 12.0 Å². The van der Waals surface area contributed by atoms with E-state index in [4.69, 9.17) is 13.9 Å². The number of aromatic nitrogens is 2. The van der Waals surface area contributed by atoms with Gasteiger partial charge in [0.25, 0.3) is 5.89 Å². The van der Waals surface area contributed by atoms with E-state index >= 15 is 0 Å². The van der Waals surface area contributed by atoms with Crippen LogP contribution in [0.4, 0.5) is 0 Å². The van der Waals surface area contributed by atoms with Gasteiger partial charge in [-0.05, 0) is 18.6 Å². The Morgan fingerprint density at radius 1 is 1.35 bits per heavy atom. The van der Waals surface area contributed by atoms with Crippen LogP contribution in [0.15, 0.2) is 34.7 Å². The number of hydrogen-bond acceptors (Lipinski definition) is 6. The molecule has 2 atom stereocenters. The van der Waals surface area contributed by atoms with Crippen LogP contribution in [0.1, 0.15) is 19.8 Å². The summed E-state index contributed by atoms with van der Waals surface area (Å²) in [6, 6.07) is 9.27. The number of hydrogen-bond donors (Lipinski definition) is 0. The van der Waals surface area contributed by atoms with Gasteiger partial charge in [-0.3, -0.25) is 0 Å². The number of carbonyl (C=O) groups excluding carboxylic acids is 1. The van der Waals surface area contributed by atoms with Crippen molar-refractivity contribution in [2.75, 3.05) is 0 Å². The molecule has 0 radical (unpaired) electrons. The first-order valence-electron chi connectivity index (χ1n) is 6.52. The predicted molar refractivity (Wildman–Crippen MR) is 68.9 cm³/mol. The number of benzene rings is 1. The van der Waals surface area contributed by atoms with E-state index in [0.29, 0.717) is 12.3 Å². The summed E-state index contributed by atoms with van der Waals surface area (Å²) in [5, 5.41) is 7.54. The minimum Gasteiger partial charge on any atom is -0.388 e. The van der Waals surface area contributed by atoms with Gasteiger partial charge >= 0.3 is 12.0 Å². The molecule has 1 aliphatic heterocycles. The highest BCUT2D eigenvalue weighted by Gasteiger charge is 2.36. The summed E-state index contributed by atoms with van der Waals surface area (Å²) in [6.07, 6.45) is 1.04. The zero-order valence-corrected chi connectivity index (χ0v) is 11.0. The average Bonchev–Trinajstić information content (AvgIpc) is 2.87. The van der Waals surface area contributed by atoms with Gasteiger partial charge in [-0.1, -0.05) is 30.2 Å². The first-order valence-corrected chi connectivity index (χ1v) is 6.52. The topological polar surface area (TPSA) is 74.5 Å². The lowest BCUT2D eigenvalue weighted by molar-refractivity contribution is -0.177. The van der Waals surface area contributed by atoms with Crippen molar-refractivity contribution in [1.82, 2.24) is 10.2 Å². The molecule has 0 saturated carbocycles. The maximum absolute atomic E-state index is 11.7. The summed E-state index contributed by atoms with van der Waals surface area (Å²) in [5.41, 5.74) is 0.772. The molecule has 2 unspecified atom stereocenters. The highest BCUT2D eigenvalue weighted by Crippen LogP contribution is 2.25. The monoisotopic (exact) mass is 274 g/mol. The standard InChI is InChI=1S/C14H14N2O4/c1-2-10-8-11(18-10)13(17)20-14-16-15-12(19-14)9-6-4-3-5-7-9/h3-7,10-11H,2,8H2,1H3. The molecular weight excluding hydrogens is 260 g/mol. The number of rotatable bonds is 4. The summed E-state index contributed by atoms with van der Waals surface area (Å²) in [6.45, 7) is 2.01. The molecule has 104 valence electrons. The number of carbonyl (C=O) groups is 1. The molecule has 0 spiro atoms. The molecular formula is C14H14N2O4. The van der Waals surface area contributed by atoms with Gasteiger partial charge in [0.2, 0.25) is 0 Å². The molecule has 1 fully saturated rings. The third-order valence-electron chi connectivity index (χ3n) is 3.17. The fraction of sp³-hybridized carbons (Fsp3) is 0.357. The van der Waals surface area contributed by atoms with Gasteiger partial charge in [0.15, 0.2) is 6.10 Å². The highest BCUT2D eigenvalue weighted by molar-refractivity contribution is 5.77. The third-order valence-corrected chi connectivity index (χ3v) is 3.17. The van der Waals surface area contributed by atoms with Crippen molar-refractivity contribution in [3.8, 4) is 17.5 Å². The summed E-state index contributed by atoms with van der Waals surface area (Å²) in [5.74, 6) is -0.174. The Hall–Kier alpha value is -2.21. The van der Waals surface area contributed by atoms with Crippen LogP contribution in [0.25, 0.3) is 11.5 Å². The largest absolute Gasteiger partial charge is 0.422 e. The van der Waals surface area contributed by atoms with Gasteiger partial charge in [0.1, 0.15) is 0 Å². The highest BCUT2D eigenvalue weighted by atomic mass is 16.7. The Labute approximate surface area is 115 Å². The molecule has 2 aromatic rings. The van der Waals surface area contributed by atoms with Crippen molar-refractivity contribution in [1.29, 1.82) is 0 Å². The number of nitrogens with zero attached hydrogens (tertiary/aromatic N) is 2. The Morgan fingerprint density at radius 3 is 2.80 bits per heavy atom. The molecule has 0 bridgehead atoms. The van der Waals surface area contributed by atoms with Gasteiger partial charge in [-0.25, -0.2) is 4.79 Å². The van der Waals surface area contributed by atoms with Gasteiger partial charge in [0, 0.05) is 12.0 Å². The zero-order chi connectivity index (χ0) is 13.9. The van der Waals surface area contributed by atoms with Gasteiger partial charge in [-0.2, -0.15) is 0 Å². The molecule has 0 amide bonds. The normalized spacial score (nSPS) is 21.2.